The van der Waals surface area contributed by atoms with Gasteiger partial charge in [-0.2, -0.15) is 0 Å². The minimum absolute atomic E-state index is 0.517. The number of alkyl halides is 1. The van der Waals surface area contributed by atoms with Crippen molar-refractivity contribution in [1.29, 1.82) is 0 Å². The van der Waals surface area contributed by atoms with Crippen LogP contribution in [0.2, 0.25) is 5.02 Å². The number of halogens is 2. The van der Waals surface area contributed by atoms with E-state index >= 15 is 0 Å². The number of hydrogen-bond donors (Lipinski definition) is 0. The Kier molecular flexibility index (Phi) is 2.10. The summed E-state index contributed by atoms with van der Waals surface area (Å²) in [6.07, 6.45) is 5.09. The molecule has 0 heterocycles. The first kappa shape index (κ1) is 9.99. The van der Waals surface area contributed by atoms with Crippen molar-refractivity contribution in [3.63, 3.8) is 0 Å². The summed E-state index contributed by atoms with van der Waals surface area (Å²) >= 11 is 12.1. The van der Waals surface area contributed by atoms with Crippen LogP contribution in [-0.4, -0.2) is 5.88 Å². The lowest BCUT2D eigenvalue weighted by Crippen LogP contribution is -2.63. The predicted molar refractivity (Wildman–Crippen MR) is 64.6 cm³/mol. The Morgan fingerprint density at radius 2 is 1.73 bits per heavy atom. The summed E-state index contributed by atoms with van der Waals surface area (Å²) in [7, 11) is 0. The summed E-state index contributed by atoms with van der Waals surface area (Å²) in [5, 5.41) is 0.919. The Labute approximate surface area is 101 Å². The highest BCUT2D eigenvalue weighted by molar-refractivity contribution is 6.31. The van der Waals surface area contributed by atoms with Gasteiger partial charge in [-0.25, -0.2) is 0 Å². The largest absolute Gasteiger partial charge is 0.126 e. The van der Waals surface area contributed by atoms with Crippen LogP contribution in [0.1, 0.15) is 24.8 Å². The van der Waals surface area contributed by atoms with Crippen LogP contribution in [0, 0.1) is 10.8 Å². The van der Waals surface area contributed by atoms with Gasteiger partial charge in [0.05, 0.1) is 0 Å². The Morgan fingerprint density at radius 3 is 2.33 bits per heavy atom. The van der Waals surface area contributed by atoms with Crippen LogP contribution in [0.3, 0.4) is 0 Å². The molecule has 1 aromatic rings. The number of hydrogen-bond acceptors (Lipinski definition) is 0. The van der Waals surface area contributed by atoms with Gasteiger partial charge in [-0.05, 0) is 48.1 Å². The fraction of sp³-hybridized carbons (Fsp3) is 0.538. The van der Waals surface area contributed by atoms with Crippen molar-refractivity contribution in [3.8, 4) is 0 Å². The molecular formula is C13H14Cl2. The summed E-state index contributed by atoms with van der Waals surface area (Å²) < 4.78 is 0. The second kappa shape index (κ2) is 3.15. The van der Waals surface area contributed by atoms with Crippen LogP contribution >= 0.6 is 23.2 Å². The molecule has 80 valence electrons. The van der Waals surface area contributed by atoms with Crippen molar-refractivity contribution in [2.75, 3.05) is 5.88 Å². The molecule has 0 amide bonds. The molecule has 0 radical (unpaired) electrons. The third-order valence-corrected chi connectivity index (χ3v) is 4.99. The number of rotatable bonds is 3. The van der Waals surface area contributed by atoms with E-state index in [0.29, 0.717) is 10.8 Å². The van der Waals surface area contributed by atoms with Crippen LogP contribution in [-0.2, 0) is 6.42 Å². The van der Waals surface area contributed by atoms with Crippen molar-refractivity contribution < 1.29 is 0 Å². The van der Waals surface area contributed by atoms with Gasteiger partial charge >= 0.3 is 0 Å². The normalized spacial score (nSPS) is 36.9. The van der Waals surface area contributed by atoms with Crippen molar-refractivity contribution >= 4 is 23.2 Å². The molecule has 1 aromatic carbocycles. The van der Waals surface area contributed by atoms with Gasteiger partial charge < -0.3 is 0 Å². The van der Waals surface area contributed by atoms with E-state index in [-0.39, 0.29) is 0 Å². The highest BCUT2D eigenvalue weighted by Crippen LogP contribution is 2.74. The van der Waals surface area contributed by atoms with Crippen molar-refractivity contribution in [2.24, 2.45) is 10.8 Å². The summed E-state index contributed by atoms with van der Waals surface area (Å²) in [4.78, 5) is 0. The minimum Gasteiger partial charge on any atom is -0.126 e. The molecule has 0 nitrogen and oxygen atoms in total. The fourth-order valence-electron chi connectivity index (χ4n) is 3.61. The molecule has 0 aliphatic heterocycles. The Morgan fingerprint density at radius 1 is 1.07 bits per heavy atom. The molecule has 0 aromatic heterocycles. The molecule has 3 saturated carbocycles. The van der Waals surface area contributed by atoms with Crippen LogP contribution in [0.25, 0.3) is 0 Å². The monoisotopic (exact) mass is 240 g/mol. The topological polar surface area (TPSA) is 0 Å². The average Bonchev–Trinajstić information content (AvgIpc) is 2.11. The lowest BCUT2D eigenvalue weighted by Gasteiger charge is -2.71. The lowest BCUT2D eigenvalue weighted by atomic mass is 9.34. The van der Waals surface area contributed by atoms with Gasteiger partial charge in [-0.15, -0.1) is 11.6 Å². The SMILES string of the molecule is ClCC12CC(Cc3ccccc3Cl)(C1)C2. The molecule has 3 fully saturated rings. The van der Waals surface area contributed by atoms with Crippen LogP contribution < -0.4 is 0 Å². The molecule has 3 aliphatic carbocycles. The second-order valence-corrected chi connectivity index (χ2v) is 6.11. The third kappa shape index (κ3) is 1.42. The molecule has 0 spiro atoms. The maximum atomic E-state index is 6.17. The van der Waals surface area contributed by atoms with Crippen molar-refractivity contribution in [3.05, 3.63) is 34.9 Å². The Hall–Kier alpha value is -0.200. The number of benzene rings is 1. The van der Waals surface area contributed by atoms with Crippen LogP contribution in [0.5, 0.6) is 0 Å². The first-order valence-corrected chi connectivity index (χ1v) is 6.38. The van der Waals surface area contributed by atoms with Gasteiger partial charge in [0.15, 0.2) is 0 Å². The molecule has 0 atom stereocenters. The van der Waals surface area contributed by atoms with E-state index < -0.39 is 0 Å². The smallest absolute Gasteiger partial charge is 0.0438 e. The van der Waals surface area contributed by atoms with Crippen LogP contribution in [0.15, 0.2) is 24.3 Å². The van der Waals surface area contributed by atoms with Gasteiger partial charge in [0, 0.05) is 10.9 Å². The van der Waals surface area contributed by atoms with E-state index in [9.17, 15) is 0 Å². The van der Waals surface area contributed by atoms with E-state index in [1.807, 2.05) is 12.1 Å². The summed E-state index contributed by atoms with van der Waals surface area (Å²) in [5.74, 6) is 0.845. The van der Waals surface area contributed by atoms with Gasteiger partial charge in [-0.1, -0.05) is 29.8 Å². The Bertz CT molecular complexity index is 378. The van der Waals surface area contributed by atoms with E-state index in [1.165, 1.54) is 24.8 Å². The van der Waals surface area contributed by atoms with Gasteiger partial charge in [-0.3, -0.25) is 0 Å². The molecule has 0 unspecified atom stereocenters. The summed E-state index contributed by atoms with van der Waals surface area (Å²) in [5.41, 5.74) is 2.38. The average molecular weight is 241 g/mol. The van der Waals surface area contributed by atoms with E-state index in [0.717, 1.165) is 17.3 Å². The first-order chi connectivity index (χ1) is 7.17. The first-order valence-electron chi connectivity index (χ1n) is 5.47. The van der Waals surface area contributed by atoms with Crippen molar-refractivity contribution in [2.45, 2.75) is 25.7 Å². The maximum absolute atomic E-state index is 6.17. The zero-order chi connectivity index (χ0) is 10.5. The van der Waals surface area contributed by atoms with Gasteiger partial charge in [0.2, 0.25) is 0 Å². The summed E-state index contributed by atoms with van der Waals surface area (Å²) in [6.45, 7) is 0. The van der Waals surface area contributed by atoms with E-state index in [4.69, 9.17) is 23.2 Å². The highest BCUT2D eigenvalue weighted by atomic mass is 35.5. The van der Waals surface area contributed by atoms with Gasteiger partial charge in [0.1, 0.15) is 0 Å². The second-order valence-electron chi connectivity index (χ2n) is 5.43. The van der Waals surface area contributed by atoms with E-state index in [2.05, 4.69) is 12.1 Å². The van der Waals surface area contributed by atoms with Crippen LogP contribution in [0.4, 0.5) is 0 Å². The lowest BCUT2D eigenvalue weighted by molar-refractivity contribution is -0.186. The fourth-order valence-corrected chi connectivity index (χ4v) is 4.09. The maximum Gasteiger partial charge on any atom is 0.0438 e. The standard InChI is InChI=1S/C13H14Cl2/c14-9-13-6-12(7-13,8-13)5-10-3-1-2-4-11(10)15/h1-4H,5-9H2. The Balaban J connectivity index is 1.72. The highest BCUT2D eigenvalue weighted by Gasteiger charge is 2.66. The minimum atomic E-state index is 0.517. The molecule has 2 heteroatoms. The molecule has 0 N–H and O–H groups in total. The third-order valence-electron chi connectivity index (χ3n) is 4.06. The molecule has 15 heavy (non-hydrogen) atoms. The molecule has 0 saturated heterocycles. The molecular weight excluding hydrogens is 227 g/mol. The molecule has 2 bridgehead atoms. The molecule has 3 aliphatic rings. The quantitative estimate of drug-likeness (QED) is 0.692. The molecule has 4 rings (SSSR count). The van der Waals surface area contributed by atoms with Crippen molar-refractivity contribution in [1.82, 2.24) is 0 Å². The summed E-state index contributed by atoms with van der Waals surface area (Å²) in [6, 6.07) is 8.20. The zero-order valence-electron chi connectivity index (χ0n) is 8.60. The zero-order valence-corrected chi connectivity index (χ0v) is 10.1. The van der Waals surface area contributed by atoms with E-state index in [1.54, 1.807) is 0 Å². The predicted octanol–water partition coefficient (Wildman–Crippen LogP) is 4.29. The van der Waals surface area contributed by atoms with Gasteiger partial charge in [0.25, 0.3) is 0 Å².